The predicted octanol–water partition coefficient (Wildman–Crippen LogP) is 9.75. The molecule has 79 heavy (non-hydrogen) atoms. The van der Waals surface area contributed by atoms with Crippen molar-refractivity contribution in [1.82, 2.24) is 24.3 Å². The lowest BCUT2D eigenvalue weighted by molar-refractivity contribution is -0.0436. The maximum absolute atomic E-state index is 14.3. The van der Waals surface area contributed by atoms with Crippen LogP contribution in [0, 0.1) is 5.41 Å². The van der Waals surface area contributed by atoms with Gasteiger partial charge < -0.3 is 24.6 Å². The summed E-state index contributed by atoms with van der Waals surface area (Å²) in [7, 11) is -11.0. The average molecular weight is 1170 g/mol. The summed E-state index contributed by atoms with van der Waals surface area (Å²) < 4.78 is 110. The number of amides is 2. The highest BCUT2D eigenvalue weighted by Gasteiger charge is 2.49. The summed E-state index contributed by atoms with van der Waals surface area (Å²) in [4.78, 5) is 36.2. The third-order valence-electron chi connectivity index (χ3n) is 15.1. The van der Waals surface area contributed by atoms with Gasteiger partial charge in [-0.2, -0.15) is 13.2 Å². The number of piperazine rings is 2. The number of alkyl halides is 3. The van der Waals surface area contributed by atoms with Gasteiger partial charge in [-0.05, 0) is 137 Å². The van der Waals surface area contributed by atoms with E-state index in [9.17, 15) is 39.6 Å². The Labute approximate surface area is 473 Å². The number of carbonyl (C=O) groups excluding carboxylic acids is 2. The number of rotatable bonds is 18. The first-order chi connectivity index (χ1) is 37.3. The Morgan fingerprint density at radius 2 is 1.53 bits per heavy atom. The molecule has 1 aliphatic carbocycles. The fourth-order valence-corrected chi connectivity index (χ4v) is 13.9. The van der Waals surface area contributed by atoms with Crippen molar-refractivity contribution < 1.29 is 49.1 Å². The van der Waals surface area contributed by atoms with E-state index in [2.05, 4.69) is 44.0 Å². The molecule has 0 radical (unpaired) electrons. The molecule has 0 bridgehead atoms. The van der Waals surface area contributed by atoms with E-state index in [1.165, 1.54) is 40.6 Å². The van der Waals surface area contributed by atoms with Gasteiger partial charge >= 0.3 is 11.6 Å². The molecule has 0 saturated carbocycles. The molecule has 0 aromatic heterocycles. The highest BCUT2D eigenvalue weighted by molar-refractivity contribution is 7.99. The standard InChI is InChI=1S/C57H73ClF3N7O8S3/c1-41-38-75-34-33-66(41)24-22-46(39-77-48-9-7-6-8-10-48)62-51-20-19-49(35-52(51)78(71,72)57(59,60)61)79(73,74)63-53(69)43-13-17-47(18-14-43)67-29-25-64(26-30-67)37-44-36-56(5,23-21-50(44)42-11-15-45(58)16-12-42)40-65-27-31-68(32-28-65)54(70)76-55(2,3)4/h6-20,35,41,46,62H,21-34,36-40H2,1-5H3,(H,63,69)/t41-,46+,56?/m0/s1. The second-order valence-electron chi connectivity index (χ2n) is 22.4. The van der Waals surface area contributed by atoms with Gasteiger partial charge in [0.25, 0.3) is 25.8 Å². The Balaban J connectivity index is 0.904. The molecule has 0 spiro atoms. The van der Waals surface area contributed by atoms with E-state index in [0.29, 0.717) is 75.7 Å². The van der Waals surface area contributed by atoms with Crippen LogP contribution >= 0.6 is 23.4 Å². The Hall–Kier alpha value is -4.87. The van der Waals surface area contributed by atoms with Gasteiger partial charge in [-0.15, -0.1) is 11.8 Å². The largest absolute Gasteiger partial charge is 0.501 e. The number of anilines is 2. The second kappa shape index (κ2) is 25.5. The first-order valence-electron chi connectivity index (χ1n) is 26.9. The topological polar surface area (TPSA) is 161 Å². The summed E-state index contributed by atoms with van der Waals surface area (Å²) in [5.41, 5.74) is -1.95. The van der Waals surface area contributed by atoms with Gasteiger partial charge in [-0.1, -0.05) is 54.4 Å². The molecule has 8 rings (SSSR count). The fraction of sp³-hybridized carbons (Fsp3) is 0.509. The number of hydrogen-bond acceptors (Lipinski definition) is 14. The van der Waals surface area contributed by atoms with Crippen LogP contribution in [0.5, 0.6) is 0 Å². The highest BCUT2D eigenvalue weighted by Crippen LogP contribution is 2.44. The van der Waals surface area contributed by atoms with Crippen LogP contribution in [0.25, 0.3) is 5.57 Å². The van der Waals surface area contributed by atoms with Crippen LogP contribution in [-0.4, -0.2) is 169 Å². The summed E-state index contributed by atoms with van der Waals surface area (Å²) in [6.07, 6.45) is 3.04. The molecule has 3 aliphatic heterocycles. The molecule has 1 unspecified atom stereocenters. The number of sulfonamides is 1. The number of nitrogens with zero attached hydrogens (tertiary/aromatic N) is 5. The lowest BCUT2D eigenvalue weighted by Crippen LogP contribution is -2.52. The van der Waals surface area contributed by atoms with Crippen molar-refractivity contribution in [1.29, 1.82) is 0 Å². The molecule has 430 valence electrons. The van der Waals surface area contributed by atoms with Gasteiger partial charge in [0.2, 0.25) is 0 Å². The van der Waals surface area contributed by atoms with E-state index in [0.717, 1.165) is 81.2 Å². The lowest BCUT2D eigenvalue weighted by Gasteiger charge is -2.44. The molecule has 3 heterocycles. The van der Waals surface area contributed by atoms with E-state index >= 15 is 0 Å². The normalized spacial score (nSPS) is 20.9. The summed E-state index contributed by atoms with van der Waals surface area (Å²) in [6.45, 7) is 19.7. The van der Waals surface area contributed by atoms with Crippen LogP contribution in [0.1, 0.15) is 76.2 Å². The minimum Gasteiger partial charge on any atom is -0.444 e. The quantitative estimate of drug-likeness (QED) is 0.0906. The molecule has 4 aliphatic rings. The van der Waals surface area contributed by atoms with Crippen molar-refractivity contribution in [2.45, 2.75) is 98.2 Å². The molecule has 3 saturated heterocycles. The molecular weight excluding hydrogens is 1100 g/mol. The van der Waals surface area contributed by atoms with E-state index in [-0.39, 0.29) is 23.1 Å². The van der Waals surface area contributed by atoms with E-state index < -0.39 is 58.4 Å². The summed E-state index contributed by atoms with van der Waals surface area (Å²) in [6, 6.07) is 25.8. The molecule has 3 fully saturated rings. The van der Waals surface area contributed by atoms with Gasteiger partial charge in [0.1, 0.15) is 10.5 Å². The molecule has 15 nitrogen and oxygen atoms in total. The van der Waals surface area contributed by atoms with Crippen LogP contribution in [0.2, 0.25) is 5.02 Å². The van der Waals surface area contributed by atoms with Crippen molar-refractivity contribution in [3.63, 3.8) is 0 Å². The molecule has 22 heteroatoms. The molecule has 4 aromatic rings. The van der Waals surface area contributed by atoms with Crippen LogP contribution < -0.4 is 14.9 Å². The van der Waals surface area contributed by atoms with E-state index in [1.807, 2.05) is 74.9 Å². The number of sulfone groups is 1. The van der Waals surface area contributed by atoms with Crippen molar-refractivity contribution in [3.05, 3.63) is 119 Å². The number of benzene rings is 4. The van der Waals surface area contributed by atoms with Crippen LogP contribution in [0.15, 0.2) is 117 Å². The van der Waals surface area contributed by atoms with Crippen molar-refractivity contribution in [2.24, 2.45) is 5.41 Å². The summed E-state index contributed by atoms with van der Waals surface area (Å²) in [5.74, 6) is -0.687. The zero-order valence-electron chi connectivity index (χ0n) is 45.6. The molecule has 4 aromatic carbocycles. The van der Waals surface area contributed by atoms with Gasteiger partial charge in [-0.3, -0.25) is 19.5 Å². The van der Waals surface area contributed by atoms with Gasteiger partial charge in [-0.25, -0.2) is 26.4 Å². The van der Waals surface area contributed by atoms with Crippen LogP contribution in [0.4, 0.5) is 29.3 Å². The first kappa shape index (κ1) is 60.2. The minimum atomic E-state index is -6.09. The summed E-state index contributed by atoms with van der Waals surface area (Å²) in [5, 5.41) is 3.70. The number of hydrogen-bond donors (Lipinski definition) is 2. The third kappa shape index (κ3) is 16.0. The molecule has 3 atom stereocenters. The highest BCUT2D eigenvalue weighted by atomic mass is 35.5. The van der Waals surface area contributed by atoms with Crippen LogP contribution in [0.3, 0.4) is 0 Å². The molecule has 2 N–H and O–H groups in total. The maximum Gasteiger partial charge on any atom is 0.501 e. The van der Waals surface area contributed by atoms with E-state index in [1.54, 1.807) is 17.0 Å². The minimum absolute atomic E-state index is 0.0207. The number of halogens is 4. The van der Waals surface area contributed by atoms with Gasteiger partial charge in [0, 0.05) is 118 Å². The van der Waals surface area contributed by atoms with Crippen LogP contribution in [-0.2, 0) is 29.3 Å². The molecule has 2 amide bonds. The Bertz CT molecular complexity index is 3010. The SMILES string of the molecule is C[C@H]1COCCN1CC[C@H](CSc1ccccc1)Nc1ccc(S(=O)(=O)NC(=O)c2ccc(N3CCN(CC4=C(c5ccc(Cl)cc5)CCC(C)(CN5CCN(C(=O)OC(C)(C)C)CC5)C4)CC3)cc2)cc1S(=O)(=O)C(F)(F)F. The number of nitrogens with one attached hydrogen (secondary N) is 2. The lowest BCUT2D eigenvalue weighted by atomic mass is 9.71. The Morgan fingerprint density at radius 1 is 0.861 bits per heavy atom. The Kier molecular flexibility index (Phi) is 19.4. The van der Waals surface area contributed by atoms with Crippen molar-refractivity contribution in [3.8, 4) is 0 Å². The summed E-state index contributed by atoms with van der Waals surface area (Å²) >= 11 is 7.77. The smallest absolute Gasteiger partial charge is 0.444 e. The fourth-order valence-electron chi connectivity index (χ4n) is 10.7. The zero-order chi connectivity index (χ0) is 56.8. The van der Waals surface area contributed by atoms with E-state index in [4.69, 9.17) is 21.1 Å². The van der Waals surface area contributed by atoms with Crippen molar-refractivity contribution in [2.75, 3.05) is 108 Å². The average Bonchev–Trinajstić information content (AvgIpc) is 3.50. The predicted molar refractivity (Wildman–Crippen MR) is 305 cm³/mol. The van der Waals surface area contributed by atoms with Gasteiger partial charge in [0.15, 0.2) is 0 Å². The third-order valence-corrected chi connectivity index (χ3v) is 19.3. The number of allylic oxidation sites excluding steroid dienone is 1. The number of thioether (sulfide) groups is 1. The van der Waals surface area contributed by atoms with Crippen molar-refractivity contribution >= 4 is 72.2 Å². The zero-order valence-corrected chi connectivity index (χ0v) is 48.8. The number of ether oxygens (including phenoxy) is 2. The number of morpholine rings is 1. The Morgan fingerprint density at radius 3 is 2.18 bits per heavy atom. The molecular formula is C57H73ClF3N7O8S3. The second-order valence-corrected chi connectivity index (χ2v) is 27.5. The number of carbonyl (C=O) groups is 2. The maximum atomic E-state index is 14.3. The van der Waals surface area contributed by atoms with Gasteiger partial charge in [0.05, 0.1) is 23.8 Å². The first-order valence-corrected chi connectivity index (χ1v) is 31.2. The monoisotopic (exact) mass is 1170 g/mol.